The first-order chi connectivity index (χ1) is 8.60. The molecular weight excluding hydrogens is 300 g/mol. The van der Waals surface area contributed by atoms with Crippen molar-refractivity contribution in [3.05, 3.63) is 21.0 Å². The fraction of sp³-hybridized carbons (Fsp3) is 0.545. The first kappa shape index (κ1) is 14.7. The molecule has 0 atom stereocenters. The molecule has 6 nitrogen and oxygen atoms in total. The number of nitrogens with zero attached hydrogens (tertiary/aromatic N) is 2. The predicted molar refractivity (Wildman–Crippen MR) is 73.7 cm³/mol. The Morgan fingerprint density at radius 1 is 1.50 bits per heavy atom. The molecule has 0 fully saturated rings. The molecule has 1 rings (SSSR count). The van der Waals surface area contributed by atoms with Crippen molar-refractivity contribution in [1.82, 2.24) is 15.1 Å². The fourth-order valence-electron chi connectivity index (χ4n) is 1.39. The van der Waals surface area contributed by atoms with Gasteiger partial charge in [0.05, 0.1) is 18.4 Å². The van der Waals surface area contributed by atoms with Crippen LogP contribution in [0.1, 0.15) is 20.3 Å². The van der Waals surface area contributed by atoms with E-state index in [9.17, 15) is 9.59 Å². The lowest BCUT2D eigenvalue weighted by Gasteiger charge is -2.09. The summed E-state index contributed by atoms with van der Waals surface area (Å²) < 4.78 is 1.79. The molecule has 0 aliphatic heterocycles. The van der Waals surface area contributed by atoms with E-state index in [-0.39, 0.29) is 18.0 Å². The summed E-state index contributed by atoms with van der Waals surface area (Å²) in [6, 6.07) is 0. The number of carbonyl (C=O) groups is 1. The molecule has 0 aromatic carbocycles. The number of likely N-dealkylation sites (N-methyl/N-ethyl adjacent to an activating group) is 1. The standard InChI is InChI=1S/C11H17BrN4O2/c1-3-5-16-11(18)10(12)8(6-15-16)14-7-9(17)13-4-2/h6,14H,3-5,7H2,1-2H3,(H,13,17). The summed E-state index contributed by atoms with van der Waals surface area (Å²) in [5, 5.41) is 9.57. The number of hydrogen-bond donors (Lipinski definition) is 2. The van der Waals surface area contributed by atoms with Crippen LogP contribution in [0.25, 0.3) is 0 Å². The van der Waals surface area contributed by atoms with E-state index in [4.69, 9.17) is 0 Å². The number of amides is 1. The van der Waals surface area contributed by atoms with Gasteiger partial charge in [-0.3, -0.25) is 9.59 Å². The molecule has 0 aliphatic carbocycles. The molecule has 1 amide bonds. The Morgan fingerprint density at radius 3 is 2.83 bits per heavy atom. The van der Waals surface area contributed by atoms with Crippen LogP contribution in [0.4, 0.5) is 5.69 Å². The quantitative estimate of drug-likeness (QED) is 0.819. The van der Waals surface area contributed by atoms with Crippen LogP contribution in [0.5, 0.6) is 0 Å². The van der Waals surface area contributed by atoms with Gasteiger partial charge >= 0.3 is 0 Å². The summed E-state index contributed by atoms with van der Waals surface area (Å²) >= 11 is 3.22. The Morgan fingerprint density at radius 2 is 2.22 bits per heavy atom. The van der Waals surface area contributed by atoms with Crippen LogP contribution in [0.3, 0.4) is 0 Å². The third-order valence-corrected chi connectivity index (χ3v) is 3.00. The fourth-order valence-corrected chi connectivity index (χ4v) is 1.84. The molecule has 0 aliphatic rings. The van der Waals surface area contributed by atoms with Gasteiger partial charge in [-0.25, -0.2) is 4.68 Å². The van der Waals surface area contributed by atoms with Gasteiger partial charge in [-0.05, 0) is 29.3 Å². The van der Waals surface area contributed by atoms with E-state index in [0.717, 1.165) is 6.42 Å². The van der Waals surface area contributed by atoms with Crippen LogP contribution < -0.4 is 16.2 Å². The van der Waals surface area contributed by atoms with Crippen LogP contribution >= 0.6 is 15.9 Å². The molecule has 1 heterocycles. The van der Waals surface area contributed by atoms with E-state index in [1.54, 1.807) is 6.20 Å². The summed E-state index contributed by atoms with van der Waals surface area (Å²) in [4.78, 5) is 23.2. The van der Waals surface area contributed by atoms with Crippen molar-refractivity contribution >= 4 is 27.5 Å². The van der Waals surface area contributed by atoms with Gasteiger partial charge in [-0.1, -0.05) is 6.92 Å². The zero-order valence-electron chi connectivity index (χ0n) is 10.5. The van der Waals surface area contributed by atoms with Crippen LogP contribution in [0.15, 0.2) is 15.5 Å². The molecule has 2 N–H and O–H groups in total. The smallest absolute Gasteiger partial charge is 0.283 e. The van der Waals surface area contributed by atoms with Crippen molar-refractivity contribution in [3.8, 4) is 0 Å². The number of nitrogens with one attached hydrogen (secondary N) is 2. The first-order valence-corrected chi connectivity index (χ1v) is 6.65. The highest BCUT2D eigenvalue weighted by atomic mass is 79.9. The van der Waals surface area contributed by atoms with E-state index in [0.29, 0.717) is 23.2 Å². The van der Waals surface area contributed by atoms with Gasteiger partial charge in [0.25, 0.3) is 5.56 Å². The first-order valence-electron chi connectivity index (χ1n) is 5.86. The summed E-state index contributed by atoms with van der Waals surface area (Å²) in [6.07, 6.45) is 2.38. The summed E-state index contributed by atoms with van der Waals surface area (Å²) in [7, 11) is 0. The molecule has 0 saturated heterocycles. The third-order valence-electron chi connectivity index (χ3n) is 2.23. The van der Waals surface area contributed by atoms with Gasteiger partial charge in [0.2, 0.25) is 5.91 Å². The van der Waals surface area contributed by atoms with E-state index in [1.165, 1.54) is 4.68 Å². The average molecular weight is 317 g/mol. The minimum absolute atomic E-state index is 0.116. The largest absolute Gasteiger partial charge is 0.374 e. The van der Waals surface area contributed by atoms with Gasteiger partial charge in [0, 0.05) is 13.1 Å². The Bertz CT molecular complexity index is 473. The zero-order valence-corrected chi connectivity index (χ0v) is 12.1. The van der Waals surface area contributed by atoms with Crippen molar-refractivity contribution in [2.24, 2.45) is 0 Å². The van der Waals surface area contributed by atoms with Gasteiger partial charge in [0.15, 0.2) is 0 Å². The highest BCUT2D eigenvalue weighted by Crippen LogP contribution is 2.15. The van der Waals surface area contributed by atoms with Crippen LogP contribution in [0, 0.1) is 0 Å². The maximum Gasteiger partial charge on any atom is 0.283 e. The van der Waals surface area contributed by atoms with Crippen molar-refractivity contribution in [1.29, 1.82) is 0 Å². The molecule has 0 saturated carbocycles. The maximum atomic E-state index is 11.9. The second-order valence-corrected chi connectivity index (χ2v) is 4.50. The zero-order chi connectivity index (χ0) is 13.5. The van der Waals surface area contributed by atoms with Gasteiger partial charge in [-0.15, -0.1) is 0 Å². The maximum absolute atomic E-state index is 11.9. The molecule has 1 aromatic heterocycles. The predicted octanol–water partition coefficient (Wildman–Crippen LogP) is 0.964. The summed E-state index contributed by atoms with van der Waals surface area (Å²) in [6.45, 7) is 5.10. The van der Waals surface area contributed by atoms with Crippen molar-refractivity contribution in [2.75, 3.05) is 18.4 Å². The number of aryl methyl sites for hydroxylation is 1. The van der Waals surface area contributed by atoms with Crippen molar-refractivity contribution in [2.45, 2.75) is 26.8 Å². The minimum Gasteiger partial charge on any atom is -0.374 e. The van der Waals surface area contributed by atoms with Gasteiger partial charge in [0.1, 0.15) is 4.47 Å². The monoisotopic (exact) mass is 316 g/mol. The minimum atomic E-state index is -0.197. The number of hydrogen-bond acceptors (Lipinski definition) is 4. The van der Waals surface area contributed by atoms with E-state index >= 15 is 0 Å². The molecule has 0 spiro atoms. The summed E-state index contributed by atoms with van der Waals surface area (Å²) in [5.74, 6) is -0.123. The molecule has 18 heavy (non-hydrogen) atoms. The van der Waals surface area contributed by atoms with Gasteiger partial charge in [-0.2, -0.15) is 5.10 Å². The second-order valence-electron chi connectivity index (χ2n) is 3.71. The summed E-state index contributed by atoms with van der Waals surface area (Å²) in [5.41, 5.74) is 0.330. The lowest BCUT2D eigenvalue weighted by Crippen LogP contribution is -2.30. The van der Waals surface area contributed by atoms with E-state index < -0.39 is 0 Å². The van der Waals surface area contributed by atoms with Gasteiger partial charge < -0.3 is 10.6 Å². The van der Waals surface area contributed by atoms with E-state index in [1.807, 2.05) is 13.8 Å². The number of rotatable bonds is 6. The number of halogens is 1. The molecule has 0 bridgehead atoms. The number of aromatic nitrogens is 2. The second kappa shape index (κ2) is 7.15. The molecule has 100 valence electrons. The Hall–Kier alpha value is -1.37. The van der Waals surface area contributed by atoms with Crippen molar-refractivity contribution < 1.29 is 4.79 Å². The average Bonchev–Trinajstić information content (AvgIpc) is 2.35. The normalized spacial score (nSPS) is 10.2. The SMILES string of the molecule is CCCn1ncc(NCC(=O)NCC)c(Br)c1=O. The van der Waals surface area contributed by atoms with E-state index in [2.05, 4.69) is 31.7 Å². The Balaban J connectivity index is 2.76. The van der Waals surface area contributed by atoms with Crippen LogP contribution in [0.2, 0.25) is 0 Å². The van der Waals surface area contributed by atoms with Crippen molar-refractivity contribution in [3.63, 3.8) is 0 Å². The lowest BCUT2D eigenvalue weighted by atomic mass is 10.4. The Kier molecular flexibility index (Phi) is 5.84. The molecule has 1 aromatic rings. The Labute approximate surface area is 114 Å². The number of carbonyl (C=O) groups excluding carboxylic acids is 1. The highest BCUT2D eigenvalue weighted by Gasteiger charge is 2.09. The molecular formula is C11H17BrN4O2. The third kappa shape index (κ3) is 3.83. The number of anilines is 1. The van der Waals surface area contributed by atoms with Crippen LogP contribution in [-0.2, 0) is 11.3 Å². The molecule has 7 heteroatoms. The van der Waals surface area contributed by atoms with Crippen LogP contribution in [-0.4, -0.2) is 28.8 Å². The highest BCUT2D eigenvalue weighted by molar-refractivity contribution is 9.10. The topological polar surface area (TPSA) is 76.0 Å². The molecule has 0 radical (unpaired) electrons. The lowest BCUT2D eigenvalue weighted by molar-refractivity contribution is -0.119. The molecule has 0 unspecified atom stereocenters.